The van der Waals surface area contributed by atoms with E-state index in [2.05, 4.69) is 32.0 Å². The minimum absolute atomic E-state index is 0.685. The normalized spacial score (nSPS) is 27.7. The third-order valence-electron chi connectivity index (χ3n) is 4.95. The minimum atomic E-state index is 0.685. The maximum atomic E-state index is 2.38. The van der Waals surface area contributed by atoms with Gasteiger partial charge in [0.15, 0.2) is 0 Å². The van der Waals surface area contributed by atoms with Crippen LogP contribution in [0.25, 0.3) is 0 Å². The number of benzene rings is 1. The van der Waals surface area contributed by atoms with E-state index in [4.69, 9.17) is 0 Å². The Morgan fingerprint density at radius 3 is 2.41 bits per heavy atom. The van der Waals surface area contributed by atoms with E-state index in [1.165, 1.54) is 38.5 Å². The highest BCUT2D eigenvalue weighted by molar-refractivity contribution is 5.39. The first kappa shape index (κ1) is 11.3. The summed E-state index contributed by atoms with van der Waals surface area (Å²) in [6.07, 6.45) is 8.64. The summed E-state index contributed by atoms with van der Waals surface area (Å²) in [4.78, 5) is 0. The summed E-state index contributed by atoms with van der Waals surface area (Å²) in [6.45, 7) is 4.67. The highest BCUT2D eigenvalue weighted by Gasteiger charge is 2.31. The Hall–Kier alpha value is -0.780. The van der Waals surface area contributed by atoms with Crippen LogP contribution in [0.15, 0.2) is 18.2 Å². The van der Waals surface area contributed by atoms with E-state index in [9.17, 15) is 0 Å². The van der Waals surface area contributed by atoms with Crippen LogP contribution in [0.5, 0.6) is 0 Å². The van der Waals surface area contributed by atoms with Crippen molar-refractivity contribution in [2.24, 2.45) is 11.8 Å². The average Bonchev–Trinajstić information content (AvgIpc) is 2.35. The van der Waals surface area contributed by atoms with Crippen molar-refractivity contribution in [3.05, 3.63) is 34.9 Å². The lowest BCUT2D eigenvalue weighted by Crippen LogP contribution is -2.29. The molecule has 0 heteroatoms. The second-order valence-electron chi connectivity index (χ2n) is 6.35. The molecule has 0 aromatic heterocycles. The lowest BCUT2D eigenvalue weighted by Gasteiger charge is -2.38. The Balaban J connectivity index is 1.96. The largest absolute Gasteiger partial charge is 0.0617 e. The maximum Gasteiger partial charge on any atom is -0.0216 e. The zero-order chi connectivity index (χ0) is 11.8. The molecule has 0 saturated heterocycles. The molecule has 0 nitrogen and oxygen atoms in total. The summed E-state index contributed by atoms with van der Waals surface area (Å²) in [7, 11) is 0. The molecule has 0 heterocycles. The summed E-state index contributed by atoms with van der Waals surface area (Å²) < 4.78 is 0. The molecule has 92 valence electrons. The van der Waals surface area contributed by atoms with Gasteiger partial charge in [0, 0.05) is 0 Å². The molecule has 0 bridgehead atoms. The molecule has 1 saturated carbocycles. The standard InChI is InChI=1S/C17H24/c1-12(2)16-9-5-8-15-10-13-6-3-4-7-14(13)11-17(15)16/h5,8-9,12-14H,3-4,6-7,10-11H2,1-2H3. The molecule has 17 heavy (non-hydrogen) atoms. The van der Waals surface area contributed by atoms with Gasteiger partial charge in [-0.2, -0.15) is 0 Å². The van der Waals surface area contributed by atoms with Crippen molar-refractivity contribution < 1.29 is 0 Å². The van der Waals surface area contributed by atoms with Crippen LogP contribution in [0.3, 0.4) is 0 Å². The van der Waals surface area contributed by atoms with Crippen LogP contribution in [-0.4, -0.2) is 0 Å². The Kier molecular flexibility index (Phi) is 2.98. The molecule has 1 aromatic carbocycles. The van der Waals surface area contributed by atoms with Crippen LogP contribution in [0.4, 0.5) is 0 Å². The number of rotatable bonds is 1. The van der Waals surface area contributed by atoms with Gasteiger partial charge in [-0.1, -0.05) is 44.9 Å². The fraction of sp³-hybridized carbons (Fsp3) is 0.647. The van der Waals surface area contributed by atoms with E-state index in [-0.39, 0.29) is 0 Å². The predicted molar refractivity (Wildman–Crippen MR) is 73.4 cm³/mol. The summed E-state index contributed by atoms with van der Waals surface area (Å²) in [6, 6.07) is 7.01. The van der Waals surface area contributed by atoms with E-state index in [0.29, 0.717) is 5.92 Å². The third kappa shape index (κ3) is 2.03. The highest BCUT2D eigenvalue weighted by atomic mass is 14.4. The molecule has 0 spiro atoms. The van der Waals surface area contributed by atoms with E-state index in [0.717, 1.165) is 11.8 Å². The van der Waals surface area contributed by atoms with Crippen molar-refractivity contribution in [2.75, 3.05) is 0 Å². The average molecular weight is 228 g/mol. The molecular formula is C17H24. The van der Waals surface area contributed by atoms with E-state index in [1.807, 2.05) is 0 Å². The van der Waals surface area contributed by atoms with Gasteiger partial charge in [-0.15, -0.1) is 0 Å². The number of hydrogen-bond donors (Lipinski definition) is 0. The minimum Gasteiger partial charge on any atom is -0.0617 e. The quantitative estimate of drug-likeness (QED) is 0.652. The number of hydrogen-bond acceptors (Lipinski definition) is 0. The van der Waals surface area contributed by atoms with Crippen molar-refractivity contribution in [3.8, 4) is 0 Å². The van der Waals surface area contributed by atoms with E-state index in [1.54, 1.807) is 16.7 Å². The van der Waals surface area contributed by atoms with Gasteiger partial charge in [0.05, 0.1) is 0 Å². The van der Waals surface area contributed by atoms with Gasteiger partial charge in [0.25, 0.3) is 0 Å². The van der Waals surface area contributed by atoms with Crippen LogP contribution >= 0.6 is 0 Å². The van der Waals surface area contributed by atoms with E-state index >= 15 is 0 Å². The maximum absolute atomic E-state index is 2.38. The lowest BCUT2D eigenvalue weighted by molar-refractivity contribution is 0.220. The van der Waals surface area contributed by atoms with Crippen LogP contribution in [0, 0.1) is 11.8 Å². The first-order valence-corrected chi connectivity index (χ1v) is 7.36. The van der Waals surface area contributed by atoms with Crippen molar-refractivity contribution >= 4 is 0 Å². The topological polar surface area (TPSA) is 0 Å². The van der Waals surface area contributed by atoms with Crippen LogP contribution in [0.2, 0.25) is 0 Å². The van der Waals surface area contributed by atoms with Gasteiger partial charge >= 0.3 is 0 Å². The zero-order valence-corrected chi connectivity index (χ0v) is 11.2. The SMILES string of the molecule is CC(C)c1cccc2c1CC1CCCCC1C2. The molecule has 0 amide bonds. The fourth-order valence-electron chi connectivity index (χ4n) is 4.00. The van der Waals surface area contributed by atoms with Crippen LogP contribution < -0.4 is 0 Å². The molecule has 3 rings (SSSR count). The molecule has 1 fully saturated rings. The molecule has 0 aliphatic heterocycles. The third-order valence-corrected chi connectivity index (χ3v) is 4.95. The van der Waals surface area contributed by atoms with Gasteiger partial charge in [-0.05, 0) is 60.1 Å². The second kappa shape index (κ2) is 4.48. The fourth-order valence-corrected chi connectivity index (χ4v) is 4.00. The van der Waals surface area contributed by atoms with Crippen molar-refractivity contribution in [1.82, 2.24) is 0 Å². The van der Waals surface area contributed by atoms with Gasteiger partial charge < -0.3 is 0 Å². The molecule has 2 unspecified atom stereocenters. The molecule has 0 radical (unpaired) electrons. The van der Waals surface area contributed by atoms with Gasteiger partial charge in [-0.25, -0.2) is 0 Å². The van der Waals surface area contributed by atoms with Crippen LogP contribution in [-0.2, 0) is 12.8 Å². The van der Waals surface area contributed by atoms with Gasteiger partial charge in [0.1, 0.15) is 0 Å². The Morgan fingerprint density at radius 2 is 1.71 bits per heavy atom. The molecule has 2 atom stereocenters. The monoisotopic (exact) mass is 228 g/mol. The molecule has 2 aliphatic rings. The second-order valence-corrected chi connectivity index (χ2v) is 6.35. The lowest BCUT2D eigenvalue weighted by atomic mass is 9.67. The molecule has 1 aromatic rings. The zero-order valence-electron chi connectivity index (χ0n) is 11.2. The Morgan fingerprint density at radius 1 is 1.00 bits per heavy atom. The van der Waals surface area contributed by atoms with Crippen LogP contribution in [0.1, 0.15) is 62.1 Å². The van der Waals surface area contributed by atoms with Crippen molar-refractivity contribution in [2.45, 2.75) is 58.3 Å². The molecule has 2 aliphatic carbocycles. The Labute approximate surface area is 105 Å². The highest BCUT2D eigenvalue weighted by Crippen LogP contribution is 2.41. The molecule has 0 N–H and O–H groups in total. The summed E-state index contributed by atoms with van der Waals surface area (Å²) in [5.74, 6) is 2.68. The number of fused-ring (bicyclic) bond motifs is 2. The van der Waals surface area contributed by atoms with Gasteiger partial charge in [0.2, 0.25) is 0 Å². The Bertz CT molecular complexity index is 402. The summed E-state index contributed by atoms with van der Waals surface area (Å²) in [5, 5.41) is 0. The summed E-state index contributed by atoms with van der Waals surface area (Å²) in [5.41, 5.74) is 5.00. The van der Waals surface area contributed by atoms with Gasteiger partial charge in [-0.3, -0.25) is 0 Å². The predicted octanol–water partition coefficient (Wildman–Crippen LogP) is 4.72. The first-order chi connectivity index (χ1) is 8.25. The first-order valence-electron chi connectivity index (χ1n) is 7.36. The smallest absolute Gasteiger partial charge is 0.0216 e. The molecular weight excluding hydrogens is 204 g/mol. The van der Waals surface area contributed by atoms with Crippen molar-refractivity contribution in [3.63, 3.8) is 0 Å². The van der Waals surface area contributed by atoms with E-state index < -0.39 is 0 Å². The van der Waals surface area contributed by atoms with Crippen molar-refractivity contribution in [1.29, 1.82) is 0 Å². The summed E-state index contributed by atoms with van der Waals surface area (Å²) >= 11 is 0.